The van der Waals surface area contributed by atoms with Gasteiger partial charge in [-0.1, -0.05) is 23.4 Å². The lowest BCUT2D eigenvalue weighted by molar-refractivity contribution is -0.120. The second-order valence-electron chi connectivity index (χ2n) is 9.33. The number of aliphatic imine (C=N–C) groups is 1. The van der Waals surface area contributed by atoms with Crippen molar-refractivity contribution < 1.29 is 19.0 Å². The molecule has 0 spiro atoms. The molecule has 6 N–H and O–H groups in total. The highest BCUT2D eigenvalue weighted by atomic mass is 19.1. The van der Waals surface area contributed by atoms with E-state index in [4.69, 9.17) is 21.2 Å². The highest BCUT2D eigenvalue weighted by Gasteiger charge is 2.31. The van der Waals surface area contributed by atoms with E-state index in [9.17, 15) is 19.2 Å². The molecule has 0 saturated carbocycles. The smallest absolute Gasteiger partial charge is 0.228 e. The lowest BCUT2D eigenvalue weighted by atomic mass is 10.0. The quantitative estimate of drug-likeness (QED) is 0.254. The Hall–Kier alpha value is -4.23. The van der Waals surface area contributed by atoms with Crippen LogP contribution in [0.25, 0.3) is 0 Å². The number of nitrogens with one attached hydrogen (secondary N) is 1. The van der Waals surface area contributed by atoms with E-state index >= 15 is 0 Å². The number of primary amides is 1. The van der Waals surface area contributed by atoms with Crippen molar-refractivity contribution in [3.8, 4) is 5.75 Å². The number of nitrogens with zero attached hydrogens (tertiary/aromatic N) is 5. The molecule has 2 heterocycles. The van der Waals surface area contributed by atoms with Gasteiger partial charge in [0.05, 0.1) is 37.9 Å². The molecule has 40 heavy (non-hydrogen) atoms. The first-order valence-corrected chi connectivity index (χ1v) is 13.1. The number of carbonyl (C=O) groups is 1. The summed E-state index contributed by atoms with van der Waals surface area (Å²) in [5, 5.41) is 15.7. The monoisotopic (exact) mass is 552 g/mol. The van der Waals surface area contributed by atoms with Gasteiger partial charge in [0.2, 0.25) is 5.91 Å². The Kier molecular flexibility index (Phi) is 9.86. The van der Waals surface area contributed by atoms with E-state index in [-0.39, 0.29) is 50.2 Å². The molecule has 2 unspecified atom stereocenters. The van der Waals surface area contributed by atoms with Crippen molar-refractivity contribution in [3.63, 3.8) is 0 Å². The molecule has 0 saturated heterocycles. The number of hydrogen-bond acceptors (Lipinski definition) is 11. The number of aliphatic hydroxyl groups excluding tert-OH is 1. The van der Waals surface area contributed by atoms with Crippen LogP contribution in [0.5, 0.6) is 5.75 Å². The maximum atomic E-state index is 14.1. The minimum atomic E-state index is -0.763. The SMILES string of the molecule is NC(=O)C1CN=CC=C1N(CCN=O)c1nc(C(N)C2=C(NCc3ccccc3F)CCC2)ncc1OCCO. The molecule has 12 nitrogen and oxygen atoms in total. The summed E-state index contributed by atoms with van der Waals surface area (Å²) < 4.78 is 19.9. The van der Waals surface area contributed by atoms with Crippen molar-refractivity contribution in [3.05, 3.63) is 75.6 Å². The zero-order valence-electron chi connectivity index (χ0n) is 22.0. The van der Waals surface area contributed by atoms with Crippen LogP contribution in [0.15, 0.2) is 63.7 Å². The van der Waals surface area contributed by atoms with E-state index in [1.807, 2.05) is 0 Å². The molecule has 1 aromatic heterocycles. The summed E-state index contributed by atoms with van der Waals surface area (Å²) in [6.45, 7) is 0.137. The van der Waals surface area contributed by atoms with Crippen molar-refractivity contribution in [2.24, 2.45) is 27.6 Å². The summed E-state index contributed by atoms with van der Waals surface area (Å²) in [5.74, 6) is -0.866. The van der Waals surface area contributed by atoms with Gasteiger partial charge >= 0.3 is 0 Å². The van der Waals surface area contributed by atoms with Gasteiger partial charge in [-0.15, -0.1) is 0 Å². The van der Waals surface area contributed by atoms with Gasteiger partial charge in [-0.2, -0.15) is 4.91 Å². The molecule has 2 aliphatic rings. The molecule has 2 atom stereocenters. The highest BCUT2D eigenvalue weighted by Crippen LogP contribution is 2.36. The lowest BCUT2D eigenvalue weighted by Gasteiger charge is -2.32. The maximum absolute atomic E-state index is 14.1. The fourth-order valence-electron chi connectivity index (χ4n) is 4.80. The standard InChI is InChI=1S/C27H33FN8O4/c28-20-6-2-1-4-17(20)14-32-21-7-3-5-18(21)24(29)26-33-16-23(40-13-12-37)27(35-26)36(11-10-34-39)22-8-9-31-15-19(22)25(30)38/h1-2,4,6,8-9,16,19,24,32,37H,3,5,7,10-15,29H2,(H2,30,38). The molecule has 2 aromatic rings. The predicted molar refractivity (Wildman–Crippen MR) is 148 cm³/mol. The minimum absolute atomic E-state index is 0.0312. The molecule has 1 amide bonds. The molecule has 13 heteroatoms. The zero-order chi connectivity index (χ0) is 28.5. The van der Waals surface area contributed by atoms with Crippen LogP contribution in [0, 0.1) is 16.6 Å². The molecule has 0 fully saturated rings. The number of rotatable bonds is 14. The number of dihydropyridines is 1. The third-order valence-electron chi connectivity index (χ3n) is 6.79. The van der Waals surface area contributed by atoms with E-state index in [2.05, 4.69) is 20.5 Å². The van der Waals surface area contributed by atoms with Crippen LogP contribution in [0.1, 0.15) is 36.7 Å². The average molecular weight is 553 g/mol. The van der Waals surface area contributed by atoms with E-state index < -0.39 is 17.9 Å². The molecule has 0 bridgehead atoms. The molecule has 1 aliphatic carbocycles. The van der Waals surface area contributed by atoms with Crippen LogP contribution < -0.4 is 26.4 Å². The van der Waals surface area contributed by atoms with Crippen LogP contribution in [-0.2, 0) is 11.3 Å². The Morgan fingerprint density at radius 3 is 2.90 bits per heavy atom. The number of aliphatic hydroxyl groups is 1. The fraction of sp³-hybridized carbons (Fsp3) is 0.407. The van der Waals surface area contributed by atoms with Crippen LogP contribution in [0.2, 0.25) is 0 Å². The van der Waals surface area contributed by atoms with Gasteiger partial charge in [-0.05, 0) is 37.0 Å². The summed E-state index contributed by atoms with van der Waals surface area (Å²) in [6, 6.07) is 5.90. The topological polar surface area (TPSA) is 181 Å². The first-order valence-electron chi connectivity index (χ1n) is 13.1. The van der Waals surface area contributed by atoms with Crippen molar-refractivity contribution in [2.45, 2.75) is 31.8 Å². The summed E-state index contributed by atoms with van der Waals surface area (Å²) in [6.07, 6.45) is 6.97. The Balaban J connectivity index is 1.70. The number of halogens is 1. The van der Waals surface area contributed by atoms with Crippen molar-refractivity contribution in [1.82, 2.24) is 15.3 Å². The van der Waals surface area contributed by atoms with E-state index in [1.54, 1.807) is 35.4 Å². The Bertz CT molecular complexity index is 1320. The molecular weight excluding hydrogens is 519 g/mol. The van der Waals surface area contributed by atoms with Gasteiger partial charge < -0.3 is 31.5 Å². The predicted octanol–water partition coefficient (Wildman–Crippen LogP) is 1.86. The summed E-state index contributed by atoms with van der Waals surface area (Å²) >= 11 is 0. The Morgan fingerprint density at radius 2 is 2.15 bits per heavy atom. The van der Waals surface area contributed by atoms with Crippen molar-refractivity contribution in [2.75, 3.05) is 37.7 Å². The number of carbonyl (C=O) groups excluding carboxylic acids is 1. The molecule has 4 rings (SSSR count). The Labute approximate surface area is 231 Å². The molecule has 1 aliphatic heterocycles. The number of benzene rings is 1. The van der Waals surface area contributed by atoms with Gasteiger partial charge in [-0.3, -0.25) is 9.79 Å². The zero-order valence-corrected chi connectivity index (χ0v) is 22.0. The number of aromatic nitrogens is 2. The lowest BCUT2D eigenvalue weighted by Crippen LogP contribution is -2.39. The third kappa shape index (κ3) is 6.66. The first-order chi connectivity index (χ1) is 19.4. The van der Waals surface area contributed by atoms with E-state index in [1.165, 1.54) is 12.3 Å². The van der Waals surface area contributed by atoms with Gasteiger partial charge in [0, 0.05) is 36.3 Å². The number of hydrogen-bond donors (Lipinski definition) is 4. The van der Waals surface area contributed by atoms with Gasteiger partial charge in [0.15, 0.2) is 17.4 Å². The fourth-order valence-corrected chi connectivity index (χ4v) is 4.80. The number of anilines is 1. The van der Waals surface area contributed by atoms with Crippen molar-refractivity contribution >= 4 is 17.9 Å². The molecule has 1 aromatic carbocycles. The molecule has 212 valence electrons. The van der Waals surface area contributed by atoms with Crippen molar-refractivity contribution in [1.29, 1.82) is 0 Å². The number of nitroso groups, excluding NO2 is 1. The largest absolute Gasteiger partial charge is 0.486 e. The summed E-state index contributed by atoms with van der Waals surface area (Å²) in [7, 11) is 0. The van der Waals surface area contributed by atoms with Crippen LogP contribution >= 0.6 is 0 Å². The van der Waals surface area contributed by atoms with Gasteiger partial charge in [-0.25, -0.2) is 14.4 Å². The van der Waals surface area contributed by atoms with Crippen LogP contribution in [0.3, 0.4) is 0 Å². The normalized spacial score (nSPS) is 17.4. The maximum Gasteiger partial charge on any atom is 0.228 e. The van der Waals surface area contributed by atoms with E-state index in [0.717, 1.165) is 24.1 Å². The number of nitrogens with two attached hydrogens (primary N) is 2. The van der Waals surface area contributed by atoms with E-state index in [0.29, 0.717) is 30.1 Å². The third-order valence-corrected chi connectivity index (χ3v) is 6.79. The second kappa shape index (κ2) is 13.7. The van der Waals surface area contributed by atoms with Crippen LogP contribution in [0.4, 0.5) is 10.2 Å². The van der Waals surface area contributed by atoms with Crippen LogP contribution in [-0.4, -0.2) is 60.0 Å². The number of ether oxygens (including phenoxy) is 1. The number of amides is 1. The molecular formula is C27H33FN8O4. The average Bonchev–Trinajstić information content (AvgIpc) is 3.44. The summed E-state index contributed by atoms with van der Waals surface area (Å²) in [5.41, 5.74) is 15.2. The first kappa shape index (κ1) is 28.8. The molecule has 0 radical (unpaired) electrons. The highest BCUT2D eigenvalue weighted by molar-refractivity contribution is 5.86. The second-order valence-corrected chi connectivity index (χ2v) is 9.33. The van der Waals surface area contributed by atoms with Gasteiger partial charge in [0.1, 0.15) is 12.4 Å². The number of allylic oxidation sites excluding steroid dienone is 2. The Morgan fingerprint density at radius 1 is 1.32 bits per heavy atom. The summed E-state index contributed by atoms with van der Waals surface area (Å²) in [4.78, 5) is 38.3. The van der Waals surface area contributed by atoms with Gasteiger partial charge in [0.25, 0.3) is 0 Å². The minimum Gasteiger partial charge on any atom is -0.486 e.